The van der Waals surface area contributed by atoms with Gasteiger partial charge in [-0.25, -0.2) is 4.98 Å². The maximum atomic E-state index is 12.4. The molecule has 3 rings (SSSR count). The lowest BCUT2D eigenvalue weighted by molar-refractivity contribution is -0.117. The lowest BCUT2D eigenvalue weighted by Gasteiger charge is -2.09. The van der Waals surface area contributed by atoms with Crippen LogP contribution in [0.15, 0.2) is 46.2 Å². The SMILES string of the molecule is Cc1oc(-c2cccs2)nc1CC(=O)Nc1ccc(NC(=O)CC(C)C)cc1. The summed E-state index contributed by atoms with van der Waals surface area (Å²) < 4.78 is 5.67. The van der Waals surface area contributed by atoms with E-state index in [-0.39, 0.29) is 18.2 Å². The van der Waals surface area contributed by atoms with Crippen molar-refractivity contribution in [1.82, 2.24) is 4.98 Å². The van der Waals surface area contributed by atoms with Gasteiger partial charge in [0.25, 0.3) is 0 Å². The van der Waals surface area contributed by atoms with Crippen molar-refractivity contribution < 1.29 is 14.0 Å². The first kappa shape index (κ1) is 19.8. The Hall–Kier alpha value is -2.93. The number of carbonyl (C=O) groups excluding carboxylic acids is 2. The average Bonchev–Trinajstić information content (AvgIpc) is 3.26. The first-order chi connectivity index (χ1) is 13.4. The Morgan fingerprint density at radius 2 is 1.71 bits per heavy atom. The Labute approximate surface area is 168 Å². The highest BCUT2D eigenvalue weighted by atomic mass is 32.1. The number of nitrogens with one attached hydrogen (secondary N) is 2. The third-order valence-corrected chi connectivity index (χ3v) is 4.86. The van der Waals surface area contributed by atoms with E-state index in [4.69, 9.17) is 4.42 Å². The fraction of sp³-hybridized carbons (Fsp3) is 0.286. The van der Waals surface area contributed by atoms with E-state index in [1.54, 1.807) is 42.5 Å². The van der Waals surface area contributed by atoms with Crippen LogP contribution in [0, 0.1) is 12.8 Å². The van der Waals surface area contributed by atoms with Crippen molar-refractivity contribution in [2.24, 2.45) is 5.92 Å². The van der Waals surface area contributed by atoms with E-state index in [0.29, 0.717) is 41.1 Å². The number of aromatic nitrogens is 1. The number of oxazole rings is 1. The molecule has 0 spiro atoms. The number of hydrogen-bond acceptors (Lipinski definition) is 5. The number of anilines is 2. The molecule has 2 amide bonds. The normalized spacial score (nSPS) is 10.9. The molecule has 0 fully saturated rings. The average molecular weight is 398 g/mol. The molecular formula is C21H23N3O3S. The molecule has 0 bridgehead atoms. The Bertz CT molecular complexity index is 944. The van der Waals surface area contributed by atoms with Crippen LogP contribution in [-0.4, -0.2) is 16.8 Å². The molecule has 7 heteroatoms. The third kappa shape index (κ3) is 5.29. The molecule has 28 heavy (non-hydrogen) atoms. The topological polar surface area (TPSA) is 84.2 Å². The molecule has 1 aromatic carbocycles. The van der Waals surface area contributed by atoms with Crippen LogP contribution in [0.1, 0.15) is 31.7 Å². The highest BCUT2D eigenvalue weighted by Gasteiger charge is 2.15. The van der Waals surface area contributed by atoms with E-state index in [1.807, 2.05) is 31.4 Å². The van der Waals surface area contributed by atoms with E-state index in [2.05, 4.69) is 15.6 Å². The van der Waals surface area contributed by atoms with Gasteiger partial charge in [0.2, 0.25) is 17.7 Å². The summed E-state index contributed by atoms with van der Waals surface area (Å²) in [5.74, 6) is 1.29. The first-order valence-corrected chi connectivity index (χ1v) is 9.98. The van der Waals surface area contributed by atoms with Crippen LogP contribution in [0.4, 0.5) is 11.4 Å². The van der Waals surface area contributed by atoms with Gasteiger partial charge in [0.15, 0.2) is 0 Å². The van der Waals surface area contributed by atoms with Crippen LogP contribution in [0.2, 0.25) is 0 Å². The molecule has 0 aliphatic rings. The van der Waals surface area contributed by atoms with Gasteiger partial charge in [-0.15, -0.1) is 11.3 Å². The van der Waals surface area contributed by atoms with Crippen LogP contribution in [0.5, 0.6) is 0 Å². The lowest BCUT2D eigenvalue weighted by Crippen LogP contribution is -2.16. The van der Waals surface area contributed by atoms with Gasteiger partial charge in [0.05, 0.1) is 17.0 Å². The smallest absolute Gasteiger partial charge is 0.236 e. The van der Waals surface area contributed by atoms with Gasteiger partial charge in [0.1, 0.15) is 5.76 Å². The molecule has 6 nitrogen and oxygen atoms in total. The van der Waals surface area contributed by atoms with Crippen molar-refractivity contribution in [3.63, 3.8) is 0 Å². The molecule has 3 aromatic rings. The Balaban J connectivity index is 1.57. The monoisotopic (exact) mass is 397 g/mol. The van der Waals surface area contributed by atoms with Gasteiger partial charge in [-0.3, -0.25) is 9.59 Å². The second-order valence-corrected chi connectivity index (χ2v) is 7.90. The van der Waals surface area contributed by atoms with Crippen LogP contribution in [-0.2, 0) is 16.0 Å². The van der Waals surface area contributed by atoms with E-state index in [9.17, 15) is 9.59 Å². The summed E-state index contributed by atoms with van der Waals surface area (Å²) in [6.45, 7) is 5.80. The van der Waals surface area contributed by atoms with Gasteiger partial charge >= 0.3 is 0 Å². The number of aryl methyl sites for hydroxylation is 1. The number of carbonyl (C=O) groups is 2. The molecule has 0 atom stereocenters. The lowest BCUT2D eigenvalue weighted by atomic mass is 10.1. The Morgan fingerprint density at radius 1 is 1.07 bits per heavy atom. The molecule has 2 N–H and O–H groups in total. The van der Waals surface area contributed by atoms with E-state index in [0.717, 1.165) is 4.88 Å². The van der Waals surface area contributed by atoms with Crippen molar-refractivity contribution in [3.8, 4) is 10.8 Å². The molecule has 0 saturated carbocycles. The summed E-state index contributed by atoms with van der Waals surface area (Å²) in [5, 5.41) is 7.64. The quantitative estimate of drug-likeness (QED) is 0.595. The molecule has 0 aliphatic heterocycles. The molecule has 0 aliphatic carbocycles. The minimum absolute atomic E-state index is 0.0187. The number of thiophene rings is 1. The maximum absolute atomic E-state index is 12.4. The minimum atomic E-state index is -0.175. The summed E-state index contributed by atoms with van der Waals surface area (Å²) in [6, 6.07) is 10.9. The van der Waals surface area contributed by atoms with Crippen molar-refractivity contribution in [2.75, 3.05) is 10.6 Å². The number of nitrogens with zero attached hydrogens (tertiary/aromatic N) is 1. The second kappa shape index (κ2) is 8.84. The fourth-order valence-corrected chi connectivity index (χ4v) is 3.32. The van der Waals surface area contributed by atoms with E-state index < -0.39 is 0 Å². The summed E-state index contributed by atoms with van der Waals surface area (Å²) in [4.78, 5) is 29.5. The summed E-state index contributed by atoms with van der Waals surface area (Å²) in [5.41, 5.74) is 1.99. The van der Waals surface area contributed by atoms with E-state index in [1.165, 1.54) is 0 Å². The van der Waals surface area contributed by atoms with Gasteiger partial charge in [-0.05, 0) is 48.6 Å². The third-order valence-electron chi connectivity index (χ3n) is 4.00. The zero-order valence-electron chi connectivity index (χ0n) is 16.1. The Kier molecular flexibility index (Phi) is 6.26. The molecule has 0 radical (unpaired) electrons. The standard InChI is InChI=1S/C21H23N3O3S/c1-13(2)11-19(25)22-15-6-8-16(9-7-15)23-20(26)12-17-14(3)27-21(24-17)18-5-4-10-28-18/h4-10,13H,11-12H2,1-3H3,(H,22,25)(H,23,26). The van der Waals surface area contributed by atoms with Crippen LogP contribution < -0.4 is 10.6 Å². The van der Waals surface area contributed by atoms with Crippen LogP contribution in [0.25, 0.3) is 10.8 Å². The van der Waals surface area contributed by atoms with Crippen LogP contribution in [0.3, 0.4) is 0 Å². The number of amides is 2. The minimum Gasteiger partial charge on any atom is -0.440 e. The molecule has 0 unspecified atom stereocenters. The molecule has 2 heterocycles. The van der Waals surface area contributed by atoms with Gasteiger partial charge in [-0.2, -0.15) is 0 Å². The molecule has 2 aromatic heterocycles. The molecule has 146 valence electrons. The van der Waals surface area contributed by atoms with Crippen molar-refractivity contribution in [2.45, 2.75) is 33.6 Å². The van der Waals surface area contributed by atoms with Gasteiger partial charge < -0.3 is 15.1 Å². The number of hydrogen-bond donors (Lipinski definition) is 2. The summed E-state index contributed by atoms with van der Waals surface area (Å²) in [6.07, 6.45) is 0.608. The number of rotatable bonds is 7. The van der Waals surface area contributed by atoms with Crippen LogP contribution >= 0.6 is 11.3 Å². The fourth-order valence-electron chi connectivity index (χ4n) is 2.67. The maximum Gasteiger partial charge on any atom is 0.236 e. The zero-order chi connectivity index (χ0) is 20.1. The van der Waals surface area contributed by atoms with Crippen molar-refractivity contribution in [3.05, 3.63) is 53.2 Å². The summed E-state index contributed by atoms with van der Waals surface area (Å²) in [7, 11) is 0. The largest absolute Gasteiger partial charge is 0.440 e. The second-order valence-electron chi connectivity index (χ2n) is 6.95. The molecular weight excluding hydrogens is 374 g/mol. The Morgan fingerprint density at radius 3 is 2.29 bits per heavy atom. The number of benzene rings is 1. The van der Waals surface area contributed by atoms with E-state index >= 15 is 0 Å². The zero-order valence-corrected chi connectivity index (χ0v) is 16.9. The highest BCUT2D eigenvalue weighted by molar-refractivity contribution is 7.13. The summed E-state index contributed by atoms with van der Waals surface area (Å²) >= 11 is 1.54. The molecule has 0 saturated heterocycles. The predicted octanol–water partition coefficient (Wildman–Crippen LogP) is 4.88. The predicted molar refractivity (Wildman–Crippen MR) is 111 cm³/mol. The van der Waals surface area contributed by atoms with Gasteiger partial charge in [0, 0.05) is 17.8 Å². The van der Waals surface area contributed by atoms with Gasteiger partial charge in [-0.1, -0.05) is 19.9 Å². The van der Waals surface area contributed by atoms with Crippen molar-refractivity contribution >= 4 is 34.5 Å². The highest BCUT2D eigenvalue weighted by Crippen LogP contribution is 2.26. The first-order valence-electron chi connectivity index (χ1n) is 9.10. The van der Waals surface area contributed by atoms with Crippen molar-refractivity contribution in [1.29, 1.82) is 0 Å².